The Hall–Kier alpha value is -0.870. The van der Waals surface area contributed by atoms with Crippen molar-refractivity contribution in [1.82, 2.24) is 0 Å². The van der Waals surface area contributed by atoms with Crippen LogP contribution in [0.25, 0.3) is 0 Å². The monoisotopic (exact) mass is 203 g/mol. The van der Waals surface area contributed by atoms with Gasteiger partial charge in [-0.3, -0.25) is 4.18 Å². The first kappa shape index (κ1) is 12.1. The lowest BCUT2D eigenvalue weighted by Gasteiger charge is -2.04. The van der Waals surface area contributed by atoms with Gasteiger partial charge in [-0.1, -0.05) is 6.08 Å². The van der Waals surface area contributed by atoms with Gasteiger partial charge in [-0.25, -0.2) is 5.14 Å². The molecule has 0 saturated heterocycles. The van der Waals surface area contributed by atoms with Gasteiger partial charge in [0.05, 0.1) is 6.61 Å². The molecule has 0 aromatic carbocycles. The van der Waals surface area contributed by atoms with Crippen LogP contribution in [0.4, 0.5) is 0 Å². The Kier molecular flexibility index (Phi) is 5.34. The number of nitrogens with two attached hydrogens (primary N) is 1. The molecule has 0 aromatic rings. The predicted octanol–water partition coefficient (Wildman–Crippen LogP) is 0.740. The third-order valence-corrected chi connectivity index (χ3v) is 1.67. The van der Waals surface area contributed by atoms with Crippen molar-refractivity contribution >= 4 is 10.3 Å². The van der Waals surface area contributed by atoms with Crippen LogP contribution in [0.15, 0.2) is 30.5 Å². The molecule has 74 valence electrons. The molecule has 0 spiro atoms. The van der Waals surface area contributed by atoms with E-state index in [9.17, 15) is 8.42 Å². The standard InChI is InChI=1S/C8H13NO3S/c1-3-5-6-8(4-2)7-12-13(9,10)11/h3-4,6,8H,2,7H2,1H3,(H2,9,10,11). The molecule has 0 aliphatic carbocycles. The lowest BCUT2D eigenvalue weighted by Crippen LogP contribution is -2.19. The van der Waals surface area contributed by atoms with Crippen molar-refractivity contribution in [2.75, 3.05) is 6.61 Å². The predicted molar refractivity (Wildman–Crippen MR) is 51.1 cm³/mol. The molecule has 0 aliphatic heterocycles. The van der Waals surface area contributed by atoms with E-state index in [0.717, 1.165) is 0 Å². The average Bonchev–Trinajstić information content (AvgIpc) is 2.03. The Balaban J connectivity index is 4.16. The average molecular weight is 203 g/mol. The van der Waals surface area contributed by atoms with Gasteiger partial charge in [0.2, 0.25) is 0 Å². The molecule has 0 amide bonds. The van der Waals surface area contributed by atoms with Gasteiger partial charge in [-0.15, -0.1) is 12.3 Å². The van der Waals surface area contributed by atoms with Crippen molar-refractivity contribution in [3.05, 3.63) is 30.5 Å². The molecule has 2 N–H and O–H groups in total. The van der Waals surface area contributed by atoms with E-state index in [1.165, 1.54) is 0 Å². The normalized spacial score (nSPS) is 12.8. The molecule has 0 heterocycles. The van der Waals surface area contributed by atoms with Crippen molar-refractivity contribution in [3.8, 4) is 0 Å². The Bertz CT molecular complexity index is 312. The van der Waals surface area contributed by atoms with E-state index in [2.05, 4.69) is 21.6 Å². The molecule has 13 heavy (non-hydrogen) atoms. The van der Waals surface area contributed by atoms with Crippen LogP contribution in [0.1, 0.15) is 6.92 Å². The van der Waals surface area contributed by atoms with E-state index in [1.54, 1.807) is 25.2 Å². The zero-order chi connectivity index (χ0) is 10.3. The molecule has 0 aromatic heterocycles. The molecule has 0 radical (unpaired) electrons. The fraction of sp³-hybridized carbons (Fsp3) is 0.375. The van der Waals surface area contributed by atoms with Gasteiger partial charge in [0.25, 0.3) is 0 Å². The van der Waals surface area contributed by atoms with Gasteiger partial charge >= 0.3 is 10.3 Å². The summed E-state index contributed by atoms with van der Waals surface area (Å²) in [5.41, 5.74) is 2.80. The van der Waals surface area contributed by atoms with Crippen LogP contribution in [0.3, 0.4) is 0 Å². The maximum atomic E-state index is 10.4. The van der Waals surface area contributed by atoms with Crippen LogP contribution in [0.2, 0.25) is 0 Å². The zero-order valence-corrected chi connectivity index (χ0v) is 8.25. The minimum atomic E-state index is -3.86. The molecule has 5 heteroatoms. The minimum Gasteiger partial charge on any atom is -0.257 e. The molecule has 4 nitrogen and oxygen atoms in total. The summed E-state index contributed by atoms with van der Waals surface area (Å²) in [6.07, 6.45) is 4.91. The van der Waals surface area contributed by atoms with E-state index in [0.29, 0.717) is 0 Å². The molecular formula is C8H13NO3S. The van der Waals surface area contributed by atoms with Crippen molar-refractivity contribution in [2.24, 2.45) is 11.1 Å². The third-order valence-electron chi connectivity index (χ3n) is 1.20. The molecular weight excluding hydrogens is 190 g/mol. The first-order valence-corrected chi connectivity index (χ1v) is 5.13. The highest BCUT2D eigenvalue weighted by molar-refractivity contribution is 7.84. The fourth-order valence-electron chi connectivity index (χ4n) is 0.577. The largest absolute Gasteiger partial charge is 0.333 e. The summed E-state index contributed by atoms with van der Waals surface area (Å²) < 4.78 is 25.2. The minimum absolute atomic E-state index is 0.0385. The van der Waals surface area contributed by atoms with E-state index >= 15 is 0 Å². The molecule has 0 aliphatic rings. The van der Waals surface area contributed by atoms with Crippen LogP contribution < -0.4 is 5.14 Å². The topological polar surface area (TPSA) is 69.4 Å². The Morgan fingerprint density at radius 3 is 2.69 bits per heavy atom. The van der Waals surface area contributed by atoms with Crippen LogP contribution in [-0.4, -0.2) is 15.0 Å². The highest BCUT2D eigenvalue weighted by Gasteiger charge is 2.06. The Morgan fingerprint density at radius 1 is 1.69 bits per heavy atom. The highest BCUT2D eigenvalue weighted by Crippen LogP contribution is 2.01. The summed E-state index contributed by atoms with van der Waals surface area (Å²) in [4.78, 5) is 0. The van der Waals surface area contributed by atoms with Crippen LogP contribution >= 0.6 is 0 Å². The quantitative estimate of drug-likeness (QED) is 0.529. The SMILES string of the molecule is C=CC(C=C=CC)COS(N)(=O)=O. The summed E-state index contributed by atoms with van der Waals surface area (Å²) in [7, 11) is -3.86. The molecule has 1 unspecified atom stereocenters. The van der Waals surface area contributed by atoms with Crippen molar-refractivity contribution < 1.29 is 12.6 Å². The van der Waals surface area contributed by atoms with Crippen LogP contribution in [0, 0.1) is 5.92 Å². The number of hydrogen-bond acceptors (Lipinski definition) is 3. The van der Waals surface area contributed by atoms with Gasteiger partial charge in [0.1, 0.15) is 0 Å². The summed E-state index contributed by atoms with van der Waals surface area (Å²) in [6, 6.07) is 0. The van der Waals surface area contributed by atoms with Gasteiger partial charge in [-0.05, 0) is 19.1 Å². The zero-order valence-electron chi connectivity index (χ0n) is 7.43. The van der Waals surface area contributed by atoms with Gasteiger partial charge < -0.3 is 0 Å². The molecule has 0 rings (SSSR count). The lowest BCUT2D eigenvalue weighted by molar-refractivity contribution is 0.300. The first-order chi connectivity index (χ1) is 5.99. The van der Waals surface area contributed by atoms with E-state index in [-0.39, 0.29) is 12.5 Å². The second kappa shape index (κ2) is 5.72. The second-order valence-electron chi connectivity index (χ2n) is 2.30. The maximum absolute atomic E-state index is 10.4. The number of rotatable bonds is 5. The molecule has 0 fully saturated rings. The van der Waals surface area contributed by atoms with Crippen molar-refractivity contribution in [2.45, 2.75) is 6.92 Å². The Labute approximate surface area is 78.6 Å². The van der Waals surface area contributed by atoms with E-state index in [4.69, 9.17) is 0 Å². The Morgan fingerprint density at radius 2 is 2.31 bits per heavy atom. The lowest BCUT2D eigenvalue weighted by atomic mass is 10.1. The van der Waals surface area contributed by atoms with Gasteiger partial charge in [0, 0.05) is 5.92 Å². The maximum Gasteiger partial charge on any atom is 0.333 e. The van der Waals surface area contributed by atoms with E-state index in [1.807, 2.05) is 0 Å². The third kappa shape index (κ3) is 7.49. The van der Waals surface area contributed by atoms with Crippen LogP contribution in [-0.2, 0) is 14.5 Å². The molecule has 1 atom stereocenters. The summed E-state index contributed by atoms with van der Waals surface area (Å²) in [5, 5.41) is 4.64. The van der Waals surface area contributed by atoms with Gasteiger partial charge in [-0.2, -0.15) is 8.42 Å². The smallest absolute Gasteiger partial charge is 0.257 e. The summed E-state index contributed by atoms with van der Waals surface area (Å²) >= 11 is 0. The summed E-state index contributed by atoms with van der Waals surface area (Å²) in [5.74, 6) is -0.200. The first-order valence-electron chi connectivity index (χ1n) is 3.66. The van der Waals surface area contributed by atoms with Crippen LogP contribution in [0.5, 0.6) is 0 Å². The van der Waals surface area contributed by atoms with Gasteiger partial charge in [0.15, 0.2) is 0 Å². The molecule has 0 saturated carbocycles. The van der Waals surface area contributed by atoms with Crippen molar-refractivity contribution in [1.29, 1.82) is 0 Å². The second-order valence-corrected chi connectivity index (χ2v) is 3.52. The highest BCUT2D eigenvalue weighted by atomic mass is 32.2. The molecule has 0 bridgehead atoms. The van der Waals surface area contributed by atoms with E-state index < -0.39 is 10.3 Å². The summed E-state index contributed by atoms with van der Waals surface area (Å²) in [6.45, 7) is 5.28. The van der Waals surface area contributed by atoms with Crippen molar-refractivity contribution in [3.63, 3.8) is 0 Å². The number of hydrogen-bond donors (Lipinski definition) is 1. The fourth-order valence-corrected chi connectivity index (χ4v) is 0.924.